The van der Waals surface area contributed by atoms with Gasteiger partial charge < -0.3 is 29.5 Å². The molecule has 0 saturated heterocycles. The van der Waals surface area contributed by atoms with Gasteiger partial charge in [0.25, 0.3) is 0 Å². The lowest BCUT2D eigenvalue weighted by Gasteiger charge is -2.14. The molecule has 8 heteroatoms. The number of rotatable bonds is 5. The summed E-state index contributed by atoms with van der Waals surface area (Å²) in [6.07, 6.45) is 0. The first kappa shape index (κ1) is 17.9. The van der Waals surface area contributed by atoms with Crippen molar-refractivity contribution in [2.45, 2.75) is 0 Å². The Morgan fingerprint density at radius 2 is 1.44 bits per heavy atom. The average molecular weight is 348 g/mol. The average Bonchev–Trinajstić information content (AvgIpc) is 2.59. The van der Waals surface area contributed by atoms with Gasteiger partial charge >= 0.3 is 5.97 Å². The largest absolute Gasteiger partial charge is 0.508 e. The standard InChI is InChI=1S/C17H16O8/c1-23-9-6-11(19)15(12(20)7-9)16(21)14-10(17(22)25-3)4-8(18)5-13(14)24-2/h4-7,18-20H,1-3H3. The van der Waals surface area contributed by atoms with Crippen molar-refractivity contribution in [2.75, 3.05) is 21.3 Å². The number of benzene rings is 2. The van der Waals surface area contributed by atoms with Gasteiger partial charge in [0, 0.05) is 18.2 Å². The maximum Gasteiger partial charge on any atom is 0.338 e. The van der Waals surface area contributed by atoms with Crippen molar-refractivity contribution in [1.29, 1.82) is 0 Å². The molecule has 25 heavy (non-hydrogen) atoms. The summed E-state index contributed by atoms with van der Waals surface area (Å²) in [5.41, 5.74) is -1.00. The van der Waals surface area contributed by atoms with E-state index in [-0.39, 0.29) is 28.4 Å². The lowest BCUT2D eigenvalue weighted by Crippen LogP contribution is -2.13. The maximum absolute atomic E-state index is 12.9. The fourth-order valence-corrected chi connectivity index (χ4v) is 2.33. The Bertz CT molecular complexity index is 818. The molecule has 0 aliphatic carbocycles. The van der Waals surface area contributed by atoms with Crippen LogP contribution in [0, 0.1) is 0 Å². The highest BCUT2D eigenvalue weighted by Gasteiger charge is 2.29. The number of hydrogen-bond donors (Lipinski definition) is 3. The number of esters is 1. The molecule has 0 unspecified atom stereocenters. The summed E-state index contributed by atoms with van der Waals surface area (Å²) in [6.45, 7) is 0. The van der Waals surface area contributed by atoms with E-state index in [1.165, 1.54) is 14.2 Å². The maximum atomic E-state index is 12.9. The van der Waals surface area contributed by atoms with Gasteiger partial charge in [-0.25, -0.2) is 4.79 Å². The Kier molecular flexibility index (Phi) is 5.02. The number of phenolic OH excluding ortho intramolecular Hbond substituents is 3. The van der Waals surface area contributed by atoms with Crippen LogP contribution < -0.4 is 9.47 Å². The molecule has 2 rings (SSSR count). The zero-order valence-electron chi connectivity index (χ0n) is 13.7. The van der Waals surface area contributed by atoms with E-state index in [0.29, 0.717) is 0 Å². The van der Waals surface area contributed by atoms with Crippen LogP contribution in [0.3, 0.4) is 0 Å². The number of phenols is 3. The van der Waals surface area contributed by atoms with Gasteiger partial charge in [0.2, 0.25) is 5.78 Å². The summed E-state index contributed by atoms with van der Waals surface area (Å²) < 4.78 is 14.6. The molecule has 2 aromatic rings. The zero-order valence-corrected chi connectivity index (χ0v) is 13.7. The van der Waals surface area contributed by atoms with Gasteiger partial charge in [-0.05, 0) is 6.07 Å². The fourth-order valence-electron chi connectivity index (χ4n) is 2.33. The molecule has 0 bridgehead atoms. The van der Waals surface area contributed by atoms with Crippen molar-refractivity contribution in [2.24, 2.45) is 0 Å². The monoisotopic (exact) mass is 348 g/mol. The van der Waals surface area contributed by atoms with Gasteiger partial charge in [-0.3, -0.25) is 4.79 Å². The van der Waals surface area contributed by atoms with Gasteiger partial charge in [0.1, 0.15) is 34.3 Å². The van der Waals surface area contributed by atoms with E-state index in [0.717, 1.165) is 31.4 Å². The Morgan fingerprint density at radius 1 is 0.840 bits per heavy atom. The molecule has 0 amide bonds. The number of carbonyl (C=O) groups is 2. The molecule has 8 nitrogen and oxygen atoms in total. The number of carbonyl (C=O) groups excluding carboxylic acids is 2. The molecule has 0 saturated carbocycles. The Labute approximate surface area is 142 Å². The summed E-state index contributed by atoms with van der Waals surface area (Å²) in [4.78, 5) is 24.9. The van der Waals surface area contributed by atoms with Crippen molar-refractivity contribution in [1.82, 2.24) is 0 Å². The van der Waals surface area contributed by atoms with Crippen LogP contribution >= 0.6 is 0 Å². The second-order valence-electron chi connectivity index (χ2n) is 4.93. The number of aromatic hydroxyl groups is 3. The second-order valence-corrected chi connectivity index (χ2v) is 4.93. The van der Waals surface area contributed by atoms with Crippen molar-refractivity contribution in [3.05, 3.63) is 41.0 Å². The normalized spacial score (nSPS) is 10.2. The first-order chi connectivity index (χ1) is 11.8. The van der Waals surface area contributed by atoms with Crippen molar-refractivity contribution in [3.63, 3.8) is 0 Å². The van der Waals surface area contributed by atoms with E-state index in [4.69, 9.17) is 9.47 Å². The molecule has 2 aromatic carbocycles. The predicted octanol–water partition coefficient (Wildman–Crippen LogP) is 1.84. The number of hydrogen-bond acceptors (Lipinski definition) is 8. The number of methoxy groups -OCH3 is 3. The molecule has 3 N–H and O–H groups in total. The first-order valence-electron chi connectivity index (χ1n) is 6.98. The smallest absolute Gasteiger partial charge is 0.338 e. The summed E-state index contributed by atoms with van der Waals surface area (Å²) in [5, 5.41) is 29.9. The molecule has 0 aliphatic rings. The van der Waals surface area contributed by atoms with Gasteiger partial charge in [-0.1, -0.05) is 0 Å². The van der Waals surface area contributed by atoms with E-state index >= 15 is 0 Å². The van der Waals surface area contributed by atoms with Crippen molar-refractivity contribution < 1.29 is 39.1 Å². The minimum atomic E-state index is -0.898. The lowest BCUT2D eigenvalue weighted by atomic mass is 9.95. The molecule has 0 atom stereocenters. The van der Waals surface area contributed by atoms with Crippen LogP contribution in [0.15, 0.2) is 24.3 Å². The fraction of sp³-hybridized carbons (Fsp3) is 0.176. The van der Waals surface area contributed by atoms with Crippen LogP contribution in [-0.2, 0) is 4.74 Å². The van der Waals surface area contributed by atoms with Crippen LogP contribution in [0.2, 0.25) is 0 Å². The molecule has 0 radical (unpaired) electrons. The van der Waals surface area contributed by atoms with Crippen LogP contribution in [0.5, 0.6) is 28.7 Å². The second kappa shape index (κ2) is 7.00. The molecule has 0 aromatic heterocycles. The van der Waals surface area contributed by atoms with Crippen LogP contribution in [-0.4, -0.2) is 48.4 Å². The molecular formula is C17H16O8. The predicted molar refractivity (Wildman–Crippen MR) is 85.8 cm³/mol. The Balaban J connectivity index is 2.74. The Hall–Kier alpha value is -3.42. The van der Waals surface area contributed by atoms with E-state index in [2.05, 4.69) is 4.74 Å². The molecule has 132 valence electrons. The minimum Gasteiger partial charge on any atom is -0.508 e. The van der Waals surface area contributed by atoms with E-state index < -0.39 is 28.8 Å². The van der Waals surface area contributed by atoms with Crippen LogP contribution in [0.1, 0.15) is 26.3 Å². The van der Waals surface area contributed by atoms with Crippen molar-refractivity contribution >= 4 is 11.8 Å². The summed E-state index contributed by atoms with van der Waals surface area (Å²) >= 11 is 0. The topological polar surface area (TPSA) is 123 Å². The summed E-state index contributed by atoms with van der Waals surface area (Å²) in [6, 6.07) is 4.42. The third-order valence-corrected chi connectivity index (χ3v) is 3.47. The van der Waals surface area contributed by atoms with E-state index in [9.17, 15) is 24.9 Å². The molecule has 0 spiro atoms. The molecular weight excluding hydrogens is 332 g/mol. The van der Waals surface area contributed by atoms with Crippen LogP contribution in [0.4, 0.5) is 0 Å². The zero-order chi connectivity index (χ0) is 18.7. The first-order valence-corrected chi connectivity index (χ1v) is 6.98. The number of ether oxygens (including phenoxy) is 3. The van der Waals surface area contributed by atoms with E-state index in [1.54, 1.807) is 0 Å². The highest BCUT2D eigenvalue weighted by molar-refractivity contribution is 6.18. The van der Waals surface area contributed by atoms with Gasteiger partial charge in [0.15, 0.2) is 0 Å². The summed E-state index contributed by atoms with van der Waals surface area (Å²) in [5.74, 6) is -3.20. The lowest BCUT2D eigenvalue weighted by molar-refractivity contribution is 0.0596. The quantitative estimate of drug-likeness (QED) is 0.552. The van der Waals surface area contributed by atoms with Gasteiger partial charge in [0.05, 0.1) is 32.5 Å². The van der Waals surface area contributed by atoms with E-state index in [1.807, 2.05) is 0 Å². The third-order valence-electron chi connectivity index (χ3n) is 3.47. The Morgan fingerprint density at radius 3 is 1.92 bits per heavy atom. The summed E-state index contributed by atoms with van der Waals surface area (Å²) in [7, 11) is 3.67. The molecule has 0 fully saturated rings. The van der Waals surface area contributed by atoms with Crippen LogP contribution in [0.25, 0.3) is 0 Å². The molecule has 0 heterocycles. The van der Waals surface area contributed by atoms with Crippen molar-refractivity contribution in [3.8, 4) is 28.7 Å². The minimum absolute atomic E-state index is 0.125. The highest BCUT2D eigenvalue weighted by atomic mass is 16.5. The highest BCUT2D eigenvalue weighted by Crippen LogP contribution is 2.38. The number of ketones is 1. The van der Waals surface area contributed by atoms with Gasteiger partial charge in [-0.15, -0.1) is 0 Å². The third kappa shape index (κ3) is 3.27. The van der Waals surface area contributed by atoms with Gasteiger partial charge in [-0.2, -0.15) is 0 Å². The SMILES string of the molecule is COC(=O)c1cc(O)cc(OC)c1C(=O)c1c(O)cc(OC)cc1O. The molecule has 0 aliphatic heterocycles.